The second-order valence-electron chi connectivity index (χ2n) is 9.07. The van der Waals surface area contributed by atoms with E-state index >= 15 is 4.39 Å². The molecule has 7 heteroatoms. The van der Waals surface area contributed by atoms with Crippen LogP contribution in [0, 0.1) is 0 Å². The molecule has 0 amide bonds. The van der Waals surface area contributed by atoms with E-state index in [-0.39, 0.29) is 11.6 Å². The van der Waals surface area contributed by atoms with Crippen molar-refractivity contribution in [2.45, 2.75) is 83.5 Å². The zero-order valence-corrected chi connectivity index (χ0v) is 19.0. The number of alkyl halides is 1. The van der Waals surface area contributed by atoms with E-state index in [0.29, 0.717) is 6.61 Å². The summed E-state index contributed by atoms with van der Waals surface area (Å²) >= 11 is 0. The maximum Gasteiger partial charge on any atom is 0.305 e. The van der Waals surface area contributed by atoms with Crippen LogP contribution in [0.3, 0.4) is 0 Å². The second-order valence-corrected chi connectivity index (χ2v) is 13.8. The number of hydrogen-bond acceptors (Lipinski definition) is 5. The van der Waals surface area contributed by atoms with Gasteiger partial charge in [-0.1, -0.05) is 51.1 Å². The molecule has 1 unspecified atom stereocenters. The van der Waals surface area contributed by atoms with Crippen LogP contribution in [0.15, 0.2) is 30.3 Å². The van der Waals surface area contributed by atoms with Gasteiger partial charge in [-0.3, -0.25) is 4.79 Å². The molecule has 0 saturated carbocycles. The van der Waals surface area contributed by atoms with Gasteiger partial charge < -0.3 is 18.6 Å². The van der Waals surface area contributed by atoms with Gasteiger partial charge in [-0.05, 0) is 30.6 Å². The molecule has 158 valence electrons. The van der Waals surface area contributed by atoms with Crippen LogP contribution in [0.5, 0.6) is 0 Å². The van der Waals surface area contributed by atoms with Gasteiger partial charge >= 0.3 is 5.97 Å². The largest absolute Gasteiger partial charge is 0.432 e. The Morgan fingerprint density at radius 2 is 1.86 bits per heavy atom. The molecule has 1 aromatic carbocycles. The molecule has 0 aromatic heterocycles. The Morgan fingerprint density at radius 1 is 1.25 bits per heavy atom. The summed E-state index contributed by atoms with van der Waals surface area (Å²) in [7, 11) is -2.29. The highest BCUT2D eigenvalue weighted by molar-refractivity contribution is 6.74. The Labute approximate surface area is 168 Å². The Balaban J connectivity index is 2.15. The lowest BCUT2D eigenvalue weighted by Crippen LogP contribution is -2.53. The van der Waals surface area contributed by atoms with Gasteiger partial charge in [-0.2, -0.15) is 0 Å². The fourth-order valence-corrected chi connectivity index (χ4v) is 4.20. The Morgan fingerprint density at radius 3 is 2.39 bits per heavy atom. The van der Waals surface area contributed by atoms with E-state index in [0.717, 1.165) is 5.56 Å². The lowest BCUT2D eigenvalue weighted by atomic mass is 10.00. The molecule has 0 bridgehead atoms. The summed E-state index contributed by atoms with van der Waals surface area (Å²) in [5.41, 5.74) is -0.955. The maximum absolute atomic E-state index is 15.7. The van der Waals surface area contributed by atoms with Gasteiger partial charge in [0.05, 0.1) is 13.2 Å². The molecule has 0 N–H and O–H groups in total. The first-order chi connectivity index (χ1) is 12.8. The lowest BCUT2D eigenvalue weighted by Gasteiger charge is -2.41. The van der Waals surface area contributed by atoms with Gasteiger partial charge in [0, 0.05) is 6.92 Å². The zero-order chi connectivity index (χ0) is 21.2. The summed E-state index contributed by atoms with van der Waals surface area (Å²) in [6, 6.07) is 9.72. The normalized spacial score (nSPS) is 28.4. The molecule has 5 nitrogen and oxygen atoms in total. The van der Waals surface area contributed by atoms with Gasteiger partial charge in [0.1, 0.15) is 12.2 Å². The van der Waals surface area contributed by atoms with Gasteiger partial charge in [0.15, 0.2) is 14.0 Å². The number of hydrogen-bond donors (Lipinski definition) is 0. The molecular formula is C21H33FO5Si. The number of benzene rings is 1. The molecule has 2 rings (SSSR count). The summed E-state index contributed by atoms with van der Waals surface area (Å²) in [4.78, 5) is 11.4. The van der Waals surface area contributed by atoms with Gasteiger partial charge in [0.25, 0.3) is 0 Å². The minimum absolute atomic E-state index is 0.0992. The SMILES string of the molecule is CC(=O)OC1O[C@H](COCc2ccccc2)[C@@H](O[Si](C)(C)C(C)(C)C)[C@@]1(C)F. The third kappa shape index (κ3) is 5.41. The molecule has 1 aromatic rings. The van der Waals surface area contributed by atoms with Crippen molar-refractivity contribution in [1.29, 1.82) is 0 Å². The minimum Gasteiger partial charge on any atom is -0.432 e. The van der Waals surface area contributed by atoms with E-state index < -0.39 is 38.5 Å². The summed E-state index contributed by atoms with van der Waals surface area (Å²) in [5, 5.41) is -0.0992. The number of ether oxygens (including phenoxy) is 3. The zero-order valence-electron chi connectivity index (χ0n) is 18.0. The van der Waals surface area contributed by atoms with E-state index in [4.69, 9.17) is 18.6 Å². The first kappa shape index (κ1) is 23.0. The van der Waals surface area contributed by atoms with E-state index in [2.05, 4.69) is 33.9 Å². The predicted molar refractivity (Wildman–Crippen MR) is 108 cm³/mol. The third-order valence-corrected chi connectivity index (χ3v) is 10.0. The van der Waals surface area contributed by atoms with Crippen molar-refractivity contribution in [1.82, 2.24) is 0 Å². The van der Waals surface area contributed by atoms with Crippen LogP contribution in [0.1, 0.15) is 40.2 Å². The number of rotatable bonds is 7. The second kappa shape index (κ2) is 8.61. The van der Waals surface area contributed by atoms with Crippen LogP contribution in [0.2, 0.25) is 18.1 Å². The first-order valence-corrected chi connectivity index (χ1v) is 12.6. The van der Waals surface area contributed by atoms with Gasteiger partial charge in [-0.15, -0.1) is 0 Å². The summed E-state index contributed by atoms with van der Waals surface area (Å²) in [6.45, 7) is 13.5. The highest BCUT2D eigenvalue weighted by Gasteiger charge is 2.59. The molecule has 28 heavy (non-hydrogen) atoms. The van der Waals surface area contributed by atoms with E-state index in [1.54, 1.807) is 0 Å². The van der Waals surface area contributed by atoms with E-state index in [1.807, 2.05) is 30.3 Å². The average molecular weight is 413 g/mol. The predicted octanol–water partition coefficient (Wildman–Crippen LogP) is 4.61. The minimum atomic E-state index is -2.29. The molecule has 0 radical (unpaired) electrons. The highest BCUT2D eigenvalue weighted by Crippen LogP contribution is 2.44. The molecular weight excluding hydrogens is 379 g/mol. The van der Waals surface area contributed by atoms with Gasteiger partial charge in [0.2, 0.25) is 6.29 Å². The molecule has 1 aliphatic rings. The Hall–Kier alpha value is -1.28. The Kier molecular flexibility index (Phi) is 7.07. The third-order valence-electron chi connectivity index (χ3n) is 5.55. The van der Waals surface area contributed by atoms with Crippen LogP contribution in [-0.2, 0) is 30.0 Å². The molecule has 0 aliphatic carbocycles. The van der Waals surface area contributed by atoms with Crippen molar-refractivity contribution in [3.8, 4) is 0 Å². The molecule has 4 atom stereocenters. The fourth-order valence-electron chi connectivity index (χ4n) is 2.83. The number of esters is 1. The highest BCUT2D eigenvalue weighted by atomic mass is 28.4. The van der Waals surface area contributed by atoms with Crippen molar-refractivity contribution in [2.75, 3.05) is 6.61 Å². The van der Waals surface area contributed by atoms with E-state index in [1.165, 1.54) is 13.8 Å². The van der Waals surface area contributed by atoms with E-state index in [9.17, 15) is 4.79 Å². The van der Waals surface area contributed by atoms with Crippen molar-refractivity contribution >= 4 is 14.3 Å². The van der Waals surface area contributed by atoms with Crippen LogP contribution >= 0.6 is 0 Å². The van der Waals surface area contributed by atoms with Crippen LogP contribution in [-0.4, -0.2) is 45.1 Å². The van der Waals surface area contributed by atoms with Crippen LogP contribution in [0.4, 0.5) is 4.39 Å². The van der Waals surface area contributed by atoms with Crippen molar-refractivity contribution in [2.24, 2.45) is 0 Å². The molecule has 1 saturated heterocycles. The summed E-state index contributed by atoms with van der Waals surface area (Å²) in [5.74, 6) is -0.592. The number of carbonyl (C=O) groups is 1. The topological polar surface area (TPSA) is 54.0 Å². The first-order valence-electron chi connectivity index (χ1n) is 9.65. The van der Waals surface area contributed by atoms with Gasteiger partial charge in [-0.25, -0.2) is 4.39 Å². The quantitative estimate of drug-likeness (QED) is 0.483. The molecule has 1 aliphatic heterocycles. The maximum atomic E-state index is 15.7. The van der Waals surface area contributed by atoms with Crippen molar-refractivity contribution in [3.63, 3.8) is 0 Å². The smallest absolute Gasteiger partial charge is 0.305 e. The average Bonchev–Trinajstić information content (AvgIpc) is 2.78. The standard InChI is InChI=1S/C21H33FO5Si/c1-15(23)25-19-21(5,22)18(27-28(6,7)20(2,3)4)17(26-19)14-24-13-16-11-9-8-10-12-16/h8-12,17-19H,13-14H2,1-7H3/t17-,18-,19?,21-/m1/s1. The molecule has 1 fully saturated rings. The number of halogens is 1. The monoisotopic (exact) mass is 412 g/mol. The molecule has 1 heterocycles. The molecule has 0 spiro atoms. The van der Waals surface area contributed by atoms with Crippen LogP contribution in [0.25, 0.3) is 0 Å². The van der Waals surface area contributed by atoms with Crippen molar-refractivity contribution < 1.29 is 27.8 Å². The summed E-state index contributed by atoms with van der Waals surface area (Å²) < 4.78 is 38.7. The summed E-state index contributed by atoms with van der Waals surface area (Å²) in [6.07, 6.45) is -2.87. The lowest BCUT2D eigenvalue weighted by molar-refractivity contribution is -0.194. The van der Waals surface area contributed by atoms with Crippen LogP contribution < -0.4 is 0 Å². The fraction of sp³-hybridized carbons (Fsp3) is 0.667. The Bertz CT molecular complexity index is 657. The van der Waals surface area contributed by atoms with Crippen molar-refractivity contribution in [3.05, 3.63) is 35.9 Å². The number of carbonyl (C=O) groups excluding carboxylic acids is 1.